The van der Waals surface area contributed by atoms with Gasteiger partial charge in [0.05, 0.1) is 17.6 Å². The quantitative estimate of drug-likeness (QED) is 0.366. The molecule has 0 saturated heterocycles. The molecule has 0 unspecified atom stereocenters. The average Bonchev–Trinajstić information content (AvgIpc) is 2.83. The average molecular weight is 457 g/mol. The van der Waals surface area contributed by atoms with Crippen LogP contribution in [0.15, 0.2) is 60.3 Å². The fraction of sp³-hybridized carbons (Fsp3) is 0.120. The second-order valence-corrected chi connectivity index (χ2v) is 7.38. The van der Waals surface area contributed by atoms with Gasteiger partial charge in [-0.25, -0.2) is 18.7 Å². The van der Waals surface area contributed by atoms with Crippen LogP contribution < -0.4 is 5.32 Å². The van der Waals surface area contributed by atoms with Gasteiger partial charge >= 0.3 is 0 Å². The van der Waals surface area contributed by atoms with Gasteiger partial charge in [-0.1, -0.05) is 12.2 Å². The number of anilines is 1. The van der Waals surface area contributed by atoms with E-state index < -0.39 is 11.6 Å². The topological polar surface area (TPSA) is 88.8 Å². The van der Waals surface area contributed by atoms with Crippen LogP contribution in [0.25, 0.3) is 28.7 Å². The van der Waals surface area contributed by atoms with Gasteiger partial charge in [-0.15, -0.1) is 0 Å². The van der Waals surface area contributed by atoms with Crippen molar-refractivity contribution in [2.24, 2.45) is 4.99 Å². The van der Waals surface area contributed by atoms with Crippen LogP contribution >= 0.6 is 0 Å². The third-order valence-corrected chi connectivity index (χ3v) is 4.99. The minimum Gasteiger partial charge on any atom is -0.363 e. The molecule has 4 aromatic heterocycles. The molecule has 7 nitrogen and oxygen atoms in total. The molecule has 0 atom stereocenters. The van der Waals surface area contributed by atoms with E-state index in [0.29, 0.717) is 22.5 Å². The highest BCUT2D eigenvalue weighted by Crippen LogP contribution is 2.28. The fourth-order valence-electron chi connectivity index (χ4n) is 3.38. The molecule has 0 spiro atoms. The summed E-state index contributed by atoms with van der Waals surface area (Å²) in [5.74, 6) is -1.18. The molecule has 0 aliphatic heterocycles. The van der Waals surface area contributed by atoms with Crippen LogP contribution in [0.5, 0.6) is 0 Å². The number of aliphatic imine (C=N–C) groups is 1. The largest absolute Gasteiger partial charge is 0.363 e. The van der Waals surface area contributed by atoms with Gasteiger partial charge in [0.15, 0.2) is 11.6 Å². The Bertz CT molecular complexity index is 1390. The Balaban J connectivity index is 1.56. The summed E-state index contributed by atoms with van der Waals surface area (Å²) >= 11 is 0. The van der Waals surface area contributed by atoms with Crippen LogP contribution in [-0.2, 0) is 6.54 Å². The molecule has 0 bridgehead atoms. The van der Waals surface area contributed by atoms with Crippen molar-refractivity contribution in [3.63, 3.8) is 0 Å². The second-order valence-electron chi connectivity index (χ2n) is 7.38. The van der Waals surface area contributed by atoms with Crippen molar-refractivity contribution in [3.8, 4) is 22.6 Å². The minimum atomic E-state index is -0.668. The molecule has 4 aromatic rings. The van der Waals surface area contributed by atoms with Gasteiger partial charge in [0.2, 0.25) is 0 Å². The first kappa shape index (κ1) is 22.8. The smallest absolute Gasteiger partial charge is 0.193 e. The van der Waals surface area contributed by atoms with E-state index in [1.54, 1.807) is 24.4 Å². The van der Waals surface area contributed by atoms with Crippen molar-refractivity contribution in [3.05, 3.63) is 83.7 Å². The van der Waals surface area contributed by atoms with E-state index in [4.69, 9.17) is 0 Å². The Morgan fingerprint density at radius 1 is 1.03 bits per heavy atom. The molecule has 0 radical (unpaired) electrons. The Labute approximate surface area is 195 Å². The van der Waals surface area contributed by atoms with Gasteiger partial charge in [0, 0.05) is 35.8 Å². The van der Waals surface area contributed by atoms with Crippen LogP contribution in [0.4, 0.5) is 20.3 Å². The first-order valence-electron chi connectivity index (χ1n) is 10.4. The highest BCUT2D eigenvalue weighted by atomic mass is 19.1. The van der Waals surface area contributed by atoms with Gasteiger partial charge in [-0.05, 0) is 50.4 Å². The van der Waals surface area contributed by atoms with E-state index >= 15 is 4.39 Å². The minimum absolute atomic E-state index is 0.0282. The van der Waals surface area contributed by atoms with Crippen molar-refractivity contribution < 1.29 is 8.78 Å². The Morgan fingerprint density at radius 3 is 2.62 bits per heavy atom. The monoisotopic (exact) mass is 457 g/mol. The lowest BCUT2D eigenvalue weighted by atomic mass is 10.1. The van der Waals surface area contributed by atoms with Crippen LogP contribution in [0.2, 0.25) is 0 Å². The lowest BCUT2D eigenvalue weighted by molar-refractivity contribution is 0.618. The van der Waals surface area contributed by atoms with Crippen molar-refractivity contribution in [2.45, 2.75) is 20.4 Å². The Kier molecular flexibility index (Phi) is 6.72. The number of rotatable bonds is 7. The number of aromatic nitrogens is 5. The number of aryl methyl sites for hydroxylation is 1. The Morgan fingerprint density at radius 2 is 1.88 bits per heavy atom. The third-order valence-electron chi connectivity index (χ3n) is 4.99. The first-order valence-corrected chi connectivity index (χ1v) is 10.4. The summed E-state index contributed by atoms with van der Waals surface area (Å²) in [5, 5.41) is 2.88. The molecule has 0 aliphatic rings. The molecule has 4 heterocycles. The zero-order chi connectivity index (χ0) is 24.1. The summed E-state index contributed by atoms with van der Waals surface area (Å²) in [6.45, 7) is 7.33. The first-order chi connectivity index (χ1) is 16.5. The summed E-state index contributed by atoms with van der Waals surface area (Å²) in [6.07, 6.45) is 9.55. The summed E-state index contributed by atoms with van der Waals surface area (Å²) < 4.78 is 29.9. The van der Waals surface area contributed by atoms with E-state index in [0.717, 1.165) is 11.3 Å². The van der Waals surface area contributed by atoms with Gasteiger partial charge in [-0.3, -0.25) is 19.9 Å². The molecule has 9 heteroatoms. The lowest BCUT2D eigenvalue weighted by Crippen LogP contribution is -2.07. The molecule has 0 amide bonds. The molecule has 1 N–H and O–H groups in total. The second kappa shape index (κ2) is 10.0. The number of pyridine rings is 3. The van der Waals surface area contributed by atoms with Crippen molar-refractivity contribution in [2.75, 3.05) is 5.32 Å². The molecule has 170 valence electrons. The van der Waals surface area contributed by atoms with Gasteiger partial charge < -0.3 is 5.32 Å². The predicted molar refractivity (Wildman–Crippen MR) is 129 cm³/mol. The highest BCUT2D eigenvalue weighted by Gasteiger charge is 2.16. The molecule has 4 rings (SSSR count). The number of hydrogen-bond acceptors (Lipinski definition) is 7. The Hall–Kier alpha value is -4.40. The van der Waals surface area contributed by atoms with Crippen molar-refractivity contribution >= 4 is 24.3 Å². The number of halogens is 2. The van der Waals surface area contributed by atoms with Crippen LogP contribution in [0.1, 0.15) is 23.7 Å². The summed E-state index contributed by atoms with van der Waals surface area (Å²) in [5.41, 5.74) is 3.84. The molecular weight excluding hydrogens is 436 g/mol. The lowest BCUT2D eigenvalue weighted by Gasteiger charge is -2.11. The molecule has 34 heavy (non-hydrogen) atoms. The molecular formula is C25H21F2N7. The number of hydrogen-bond donors (Lipinski definition) is 1. The predicted octanol–water partition coefficient (Wildman–Crippen LogP) is 5.56. The van der Waals surface area contributed by atoms with Gasteiger partial charge in [0.25, 0.3) is 0 Å². The molecule has 0 aliphatic carbocycles. The van der Waals surface area contributed by atoms with Crippen molar-refractivity contribution in [1.82, 2.24) is 24.9 Å². The molecule has 0 fully saturated rings. The molecule has 0 saturated carbocycles. The zero-order valence-corrected chi connectivity index (χ0v) is 18.6. The van der Waals surface area contributed by atoms with E-state index in [2.05, 4.69) is 41.9 Å². The van der Waals surface area contributed by atoms with Crippen LogP contribution in [0, 0.1) is 18.6 Å². The standard InChI is InChI=1S/C25H21F2N7/c1-4-5-17-10-20(30-13-21(17)28-3)24-22(27)25(34-14-33-24)32-12-16-9-19(26)23(31-11-16)18-6-7-29-15(2)8-18/h4-11,13-14H,3,12H2,1-2H3,(H,32,33,34)/b5-4-. The summed E-state index contributed by atoms with van der Waals surface area (Å²) in [4.78, 5) is 24.5. The normalized spacial score (nSPS) is 11.1. The number of allylic oxidation sites excluding steroid dienone is 1. The summed E-state index contributed by atoms with van der Waals surface area (Å²) in [7, 11) is 0. The van der Waals surface area contributed by atoms with Gasteiger partial charge in [0.1, 0.15) is 23.5 Å². The maximum absolute atomic E-state index is 15.2. The zero-order valence-electron chi connectivity index (χ0n) is 18.6. The van der Waals surface area contributed by atoms with Crippen LogP contribution in [0.3, 0.4) is 0 Å². The number of nitrogens with zero attached hydrogens (tertiary/aromatic N) is 6. The van der Waals surface area contributed by atoms with E-state index in [1.165, 1.54) is 24.8 Å². The van der Waals surface area contributed by atoms with Crippen LogP contribution in [-0.4, -0.2) is 31.6 Å². The fourth-order valence-corrected chi connectivity index (χ4v) is 3.38. The van der Waals surface area contributed by atoms with E-state index in [1.807, 2.05) is 26.0 Å². The summed E-state index contributed by atoms with van der Waals surface area (Å²) in [6, 6.07) is 6.49. The maximum atomic E-state index is 15.2. The number of nitrogens with one attached hydrogen (secondary N) is 1. The highest BCUT2D eigenvalue weighted by molar-refractivity contribution is 5.71. The van der Waals surface area contributed by atoms with E-state index in [-0.39, 0.29) is 23.8 Å². The van der Waals surface area contributed by atoms with Gasteiger partial charge in [-0.2, -0.15) is 0 Å². The van der Waals surface area contributed by atoms with Crippen molar-refractivity contribution in [1.29, 1.82) is 0 Å². The SMILES string of the molecule is C=Nc1cnc(-c2ncnc(NCc3cnc(-c4ccnc(C)c4)c(F)c3)c2F)cc1/C=C\C. The maximum Gasteiger partial charge on any atom is 0.193 e. The third kappa shape index (κ3) is 4.83. The molecule has 0 aromatic carbocycles. The van der Waals surface area contributed by atoms with E-state index in [9.17, 15) is 4.39 Å².